The van der Waals surface area contributed by atoms with E-state index in [9.17, 15) is 4.21 Å². The highest BCUT2D eigenvalue weighted by atomic mass is 32.2. The van der Waals surface area contributed by atoms with Gasteiger partial charge in [-0.1, -0.05) is 29.4 Å². The van der Waals surface area contributed by atoms with E-state index in [4.69, 9.17) is 14.0 Å². The molecule has 7 heteroatoms. The molecule has 0 bridgehead atoms. The van der Waals surface area contributed by atoms with Crippen molar-refractivity contribution >= 4 is 10.8 Å². The maximum absolute atomic E-state index is 12.1. The fourth-order valence-corrected chi connectivity index (χ4v) is 3.00. The van der Waals surface area contributed by atoms with E-state index in [-0.39, 0.29) is 12.4 Å². The minimum atomic E-state index is -1.15. The highest BCUT2D eigenvalue weighted by molar-refractivity contribution is 7.83. The molecule has 0 saturated heterocycles. The number of nitrogens with zero attached hydrogens (tertiary/aromatic N) is 2. The second kappa shape index (κ2) is 6.67. The van der Waals surface area contributed by atoms with E-state index >= 15 is 0 Å². The van der Waals surface area contributed by atoms with Gasteiger partial charge in [0.2, 0.25) is 11.7 Å². The quantitative estimate of drug-likeness (QED) is 0.750. The summed E-state index contributed by atoms with van der Waals surface area (Å²) in [4.78, 5) is 4.20. The van der Waals surface area contributed by atoms with Crippen molar-refractivity contribution in [3.05, 3.63) is 59.9 Å². The van der Waals surface area contributed by atoms with Crippen molar-refractivity contribution in [2.45, 2.75) is 18.1 Å². The summed E-state index contributed by atoms with van der Waals surface area (Å²) in [6.45, 7) is 0.00213. The average Bonchev–Trinajstić information content (AvgIpc) is 3.19. The number of hydrogen-bond donors (Lipinski definition) is 1. The van der Waals surface area contributed by atoms with Gasteiger partial charge in [-0.25, -0.2) is 0 Å². The van der Waals surface area contributed by atoms with E-state index in [0.29, 0.717) is 17.5 Å². The first-order chi connectivity index (χ1) is 10.7. The molecular formula is C15H14N2O4S. The second-order valence-electron chi connectivity index (χ2n) is 4.73. The van der Waals surface area contributed by atoms with Gasteiger partial charge in [0.15, 0.2) is 0 Å². The molecule has 2 aromatic heterocycles. The van der Waals surface area contributed by atoms with Crippen LogP contribution >= 0.6 is 0 Å². The van der Waals surface area contributed by atoms with Crippen molar-refractivity contribution in [2.75, 3.05) is 0 Å². The molecule has 0 aliphatic carbocycles. The number of aliphatic hydroxyl groups is 1. The van der Waals surface area contributed by atoms with Crippen LogP contribution in [0.2, 0.25) is 0 Å². The molecule has 0 saturated carbocycles. The zero-order valence-electron chi connectivity index (χ0n) is 11.6. The first-order valence-corrected chi connectivity index (χ1v) is 8.12. The number of aromatic nitrogens is 2. The molecule has 1 unspecified atom stereocenters. The molecule has 0 spiro atoms. The van der Waals surface area contributed by atoms with Crippen LogP contribution in [0.25, 0.3) is 11.4 Å². The predicted molar refractivity (Wildman–Crippen MR) is 79.9 cm³/mol. The number of hydrogen-bond acceptors (Lipinski definition) is 6. The smallest absolute Gasteiger partial charge is 0.239 e. The van der Waals surface area contributed by atoms with Gasteiger partial charge in [0.1, 0.15) is 12.0 Å². The minimum absolute atomic E-state index is 0.00213. The van der Waals surface area contributed by atoms with Gasteiger partial charge in [0.05, 0.1) is 18.4 Å². The summed E-state index contributed by atoms with van der Waals surface area (Å²) >= 11 is 0. The number of rotatable bonds is 6. The molecule has 0 aliphatic heterocycles. The summed E-state index contributed by atoms with van der Waals surface area (Å²) in [6.07, 6.45) is 3.05. The van der Waals surface area contributed by atoms with Crippen LogP contribution in [-0.2, 0) is 28.9 Å². The van der Waals surface area contributed by atoms with E-state index in [0.717, 1.165) is 16.7 Å². The van der Waals surface area contributed by atoms with Crippen LogP contribution < -0.4 is 0 Å². The number of benzene rings is 1. The zero-order chi connectivity index (χ0) is 15.4. The van der Waals surface area contributed by atoms with Crippen LogP contribution in [0.15, 0.2) is 51.8 Å². The Hall–Kier alpha value is -2.25. The van der Waals surface area contributed by atoms with Gasteiger partial charge in [0.25, 0.3) is 0 Å². The lowest BCUT2D eigenvalue weighted by atomic mass is 10.2. The molecule has 1 N–H and O–H groups in total. The largest absolute Gasteiger partial charge is 0.472 e. The van der Waals surface area contributed by atoms with Crippen LogP contribution in [0, 0.1) is 0 Å². The Morgan fingerprint density at radius 1 is 1.09 bits per heavy atom. The van der Waals surface area contributed by atoms with Crippen molar-refractivity contribution in [1.29, 1.82) is 0 Å². The summed E-state index contributed by atoms with van der Waals surface area (Å²) in [5.74, 6) is 1.36. The lowest BCUT2D eigenvalue weighted by Gasteiger charge is -2.01. The van der Waals surface area contributed by atoms with Crippen LogP contribution in [0.4, 0.5) is 0 Å². The van der Waals surface area contributed by atoms with Gasteiger partial charge in [-0.3, -0.25) is 4.21 Å². The summed E-state index contributed by atoms with van der Waals surface area (Å²) in [5, 5.41) is 12.8. The molecule has 0 radical (unpaired) electrons. The standard InChI is InChI=1S/C15H14N2O4S/c18-7-11-1-3-12(4-2-11)9-22(19)10-14-16-15(17-21-14)13-5-6-20-8-13/h1-6,8,18H,7,9-10H2. The van der Waals surface area contributed by atoms with Gasteiger partial charge >= 0.3 is 0 Å². The normalized spacial score (nSPS) is 12.4. The summed E-state index contributed by atoms with van der Waals surface area (Å²) in [5.41, 5.74) is 2.49. The monoisotopic (exact) mass is 318 g/mol. The first-order valence-electron chi connectivity index (χ1n) is 6.63. The molecular weight excluding hydrogens is 304 g/mol. The van der Waals surface area contributed by atoms with Crippen LogP contribution in [0.3, 0.4) is 0 Å². The molecule has 0 fully saturated rings. The third-order valence-electron chi connectivity index (χ3n) is 3.07. The van der Waals surface area contributed by atoms with Crippen molar-refractivity contribution in [2.24, 2.45) is 0 Å². The fraction of sp³-hybridized carbons (Fsp3) is 0.200. The Labute approximate surface area is 129 Å². The third kappa shape index (κ3) is 3.49. The number of aliphatic hydroxyl groups excluding tert-OH is 1. The third-order valence-corrected chi connectivity index (χ3v) is 4.29. The molecule has 114 valence electrons. The van der Waals surface area contributed by atoms with Gasteiger partial charge in [-0.2, -0.15) is 4.98 Å². The molecule has 0 aliphatic rings. The Bertz CT molecular complexity index is 750. The summed E-state index contributed by atoms with van der Waals surface area (Å²) in [7, 11) is -1.15. The van der Waals surface area contributed by atoms with Crippen molar-refractivity contribution < 1.29 is 18.3 Å². The molecule has 1 aromatic carbocycles. The zero-order valence-corrected chi connectivity index (χ0v) is 12.5. The van der Waals surface area contributed by atoms with E-state index in [1.165, 1.54) is 12.5 Å². The van der Waals surface area contributed by atoms with Crippen LogP contribution in [0.1, 0.15) is 17.0 Å². The van der Waals surface area contributed by atoms with E-state index in [2.05, 4.69) is 10.1 Å². The van der Waals surface area contributed by atoms with Crippen LogP contribution in [0.5, 0.6) is 0 Å². The molecule has 3 aromatic rings. The lowest BCUT2D eigenvalue weighted by Crippen LogP contribution is -2.00. The molecule has 6 nitrogen and oxygen atoms in total. The topological polar surface area (TPSA) is 89.4 Å². The number of furan rings is 1. The van der Waals surface area contributed by atoms with Gasteiger partial charge in [0, 0.05) is 16.6 Å². The molecule has 3 rings (SSSR count). The van der Waals surface area contributed by atoms with E-state index in [1.807, 2.05) is 24.3 Å². The molecule has 1 atom stereocenters. The molecule has 22 heavy (non-hydrogen) atoms. The average molecular weight is 318 g/mol. The highest BCUT2D eigenvalue weighted by Gasteiger charge is 2.12. The van der Waals surface area contributed by atoms with Crippen molar-refractivity contribution in [3.8, 4) is 11.4 Å². The SMILES string of the molecule is O=S(Cc1ccc(CO)cc1)Cc1nc(-c2ccoc2)no1. The van der Waals surface area contributed by atoms with Gasteiger partial charge in [-0.05, 0) is 17.2 Å². The summed E-state index contributed by atoms with van der Waals surface area (Å²) < 4.78 is 22.2. The Kier molecular flexibility index (Phi) is 4.45. The van der Waals surface area contributed by atoms with Gasteiger partial charge in [-0.15, -0.1) is 0 Å². The van der Waals surface area contributed by atoms with E-state index in [1.54, 1.807) is 6.07 Å². The van der Waals surface area contributed by atoms with E-state index < -0.39 is 10.8 Å². The van der Waals surface area contributed by atoms with Crippen molar-refractivity contribution in [3.63, 3.8) is 0 Å². The Morgan fingerprint density at radius 2 is 1.86 bits per heavy atom. The van der Waals surface area contributed by atoms with Gasteiger partial charge < -0.3 is 14.0 Å². The summed E-state index contributed by atoms with van der Waals surface area (Å²) in [6, 6.07) is 9.07. The highest BCUT2D eigenvalue weighted by Crippen LogP contribution is 2.17. The Morgan fingerprint density at radius 3 is 2.55 bits per heavy atom. The maximum Gasteiger partial charge on any atom is 0.239 e. The molecule has 0 amide bonds. The first kappa shape index (κ1) is 14.7. The Balaban J connectivity index is 1.61. The maximum atomic E-state index is 12.1. The fourth-order valence-electron chi connectivity index (χ4n) is 1.94. The lowest BCUT2D eigenvalue weighted by molar-refractivity contribution is 0.282. The second-order valence-corrected chi connectivity index (χ2v) is 6.18. The predicted octanol–water partition coefficient (Wildman–Crippen LogP) is 2.27. The van der Waals surface area contributed by atoms with Crippen LogP contribution in [-0.4, -0.2) is 19.5 Å². The van der Waals surface area contributed by atoms with Crippen molar-refractivity contribution in [1.82, 2.24) is 10.1 Å². The molecule has 2 heterocycles. The minimum Gasteiger partial charge on any atom is -0.472 e.